The van der Waals surface area contributed by atoms with E-state index in [1.54, 1.807) is 0 Å². The second-order valence-corrected chi connectivity index (χ2v) is 17.7. The van der Waals surface area contributed by atoms with Crippen molar-refractivity contribution in [2.24, 2.45) is 0 Å². The molecule has 12 rings (SSSR count). The molecule has 1 heterocycles. The van der Waals surface area contributed by atoms with Crippen LogP contribution in [0.25, 0.3) is 88.7 Å². The summed E-state index contributed by atoms with van der Waals surface area (Å²) in [6.45, 7) is 4.77. The third-order valence-electron chi connectivity index (χ3n) is 13.4. The fourth-order valence-electron chi connectivity index (χ4n) is 10.3. The first-order chi connectivity index (χ1) is 32.0. The lowest BCUT2D eigenvalue weighted by molar-refractivity contribution is 0.662. The Balaban J connectivity index is 0.972. The molecule has 0 amide bonds. The molecular weight excluding hydrogens is 787 g/mol. The van der Waals surface area contributed by atoms with Crippen LogP contribution in [0.1, 0.15) is 25.0 Å². The number of para-hydroxylation sites is 1. The summed E-state index contributed by atoms with van der Waals surface area (Å²) in [6.07, 6.45) is 0. The molecule has 1 aliphatic carbocycles. The van der Waals surface area contributed by atoms with E-state index in [-0.39, 0.29) is 5.41 Å². The Morgan fingerprint density at radius 2 is 0.831 bits per heavy atom. The Morgan fingerprint density at radius 1 is 0.323 bits per heavy atom. The van der Waals surface area contributed by atoms with Crippen molar-refractivity contribution in [2.45, 2.75) is 19.3 Å². The summed E-state index contributed by atoms with van der Waals surface area (Å²) in [4.78, 5) is 2.38. The van der Waals surface area contributed by atoms with E-state index in [9.17, 15) is 0 Å². The molecule has 308 valence electrons. The van der Waals surface area contributed by atoms with Crippen LogP contribution in [0.15, 0.2) is 241 Å². The standard InChI is InChI=1S/C63H45NO/c1-63(2)58-36-33-47(39-56(58)57-41-49(43-19-8-4-9-20-43)40-55(62(57)63)45-21-10-5-11-22-45)44-31-34-50(35-32-44)64(51-25-14-23-46(37-51)42-17-6-3-7-18-42)52-26-15-24-48(38-52)53-28-16-30-60-61(53)54-27-12-13-29-59(54)65-60/h3-41H,1-2H3. The predicted octanol–water partition coefficient (Wildman–Crippen LogP) is 17.7. The fraction of sp³-hybridized carbons (Fsp3) is 0.0476. The molecule has 0 atom stereocenters. The quantitative estimate of drug-likeness (QED) is 0.152. The molecule has 0 unspecified atom stereocenters. The Bertz CT molecular complexity index is 3550. The topological polar surface area (TPSA) is 16.4 Å². The van der Waals surface area contributed by atoms with Crippen LogP contribution >= 0.6 is 0 Å². The summed E-state index contributed by atoms with van der Waals surface area (Å²) in [5.74, 6) is 0. The molecule has 2 heteroatoms. The van der Waals surface area contributed by atoms with Crippen LogP contribution in [0.2, 0.25) is 0 Å². The van der Waals surface area contributed by atoms with Gasteiger partial charge in [-0.3, -0.25) is 0 Å². The Labute approximate surface area is 380 Å². The van der Waals surface area contributed by atoms with E-state index in [4.69, 9.17) is 4.42 Å². The van der Waals surface area contributed by atoms with Crippen molar-refractivity contribution in [3.05, 3.63) is 248 Å². The molecule has 0 saturated heterocycles. The highest BCUT2D eigenvalue weighted by Gasteiger charge is 2.38. The third kappa shape index (κ3) is 6.65. The largest absolute Gasteiger partial charge is 0.456 e. The molecule has 0 radical (unpaired) electrons. The SMILES string of the molecule is CC1(C)c2ccc(-c3ccc(N(c4cccc(-c5ccccc5)c4)c4cccc(-c5cccc6oc7ccccc7c56)c4)cc3)cc2-c2cc(-c3ccccc3)cc(-c3ccccc3)c21. The second-order valence-electron chi connectivity index (χ2n) is 17.7. The second kappa shape index (κ2) is 15.6. The van der Waals surface area contributed by atoms with Gasteiger partial charge < -0.3 is 9.32 Å². The van der Waals surface area contributed by atoms with Crippen LogP contribution in [0.5, 0.6) is 0 Å². The molecular formula is C63H45NO. The molecule has 10 aromatic carbocycles. The van der Waals surface area contributed by atoms with Gasteiger partial charge in [0.15, 0.2) is 0 Å². The highest BCUT2D eigenvalue weighted by atomic mass is 16.3. The summed E-state index contributed by atoms with van der Waals surface area (Å²) in [7, 11) is 0. The molecule has 1 aliphatic rings. The lowest BCUT2D eigenvalue weighted by atomic mass is 9.78. The first-order valence-corrected chi connectivity index (χ1v) is 22.5. The summed E-state index contributed by atoms with van der Waals surface area (Å²) in [5.41, 5.74) is 22.2. The van der Waals surface area contributed by atoms with Crippen LogP contribution in [-0.2, 0) is 5.41 Å². The number of rotatable bonds is 8. The van der Waals surface area contributed by atoms with Gasteiger partial charge in [-0.15, -0.1) is 0 Å². The lowest BCUT2D eigenvalue weighted by Gasteiger charge is -2.27. The van der Waals surface area contributed by atoms with Crippen molar-refractivity contribution in [1.29, 1.82) is 0 Å². The number of benzene rings is 10. The van der Waals surface area contributed by atoms with E-state index in [0.717, 1.165) is 50.1 Å². The van der Waals surface area contributed by atoms with Gasteiger partial charge in [-0.1, -0.05) is 184 Å². The Hall–Kier alpha value is -8.20. The zero-order valence-corrected chi connectivity index (χ0v) is 36.4. The molecule has 0 aliphatic heterocycles. The maximum absolute atomic E-state index is 6.32. The average molecular weight is 832 g/mol. The molecule has 0 N–H and O–H groups in total. The molecule has 0 spiro atoms. The van der Waals surface area contributed by atoms with E-state index >= 15 is 0 Å². The van der Waals surface area contributed by atoms with Crippen molar-refractivity contribution in [2.75, 3.05) is 4.90 Å². The summed E-state index contributed by atoms with van der Waals surface area (Å²) in [6, 6.07) is 85.8. The van der Waals surface area contributed by atoms with Gasteiger partial charge in [-0.2, -0.15) is 0 Å². The van der Waals surface area contributed by atoms with Gasteiger partial charge in [0.05, 0.1) is 0 Å². The van der Waals surface area contributed by atoms with Crippen LogP contribution in [0, 0.1) is 0 Å². The van der Waals surface area contributed by atoms with E-state index < -0.39 is 0 Å². The van der Waals surface area contributed by atoms with Gasteiger partial charge in [0.2, 0.25) is 0 Å². The van der Waals surface area contributed by atoms with E-state index in [1.165, 1.54) is 66.8 Å². The number of furan rings is 1. The zero-order chi connectivity index (χ0) is 43.5. The smallest absolute Gasteiger partial charge is 0.136 e. The highest BCUT2D eigenvalue weighted by molar-refractivity contribution is 6.12. The summed E-state index contributed by atoms with van der Waals surface area (Å²) < 4.78 is 6.32. The van der Waals surface area contributed by atoms with Gasteiger partial charge in [-0.25, -0.2) is 0 Å². The molecule has 65 heavy (non-hydrogen) atoms. The normalized spacial score (nSPS) is 12.6. The van der Waals surface area contributed by atoms with Crippen molar-refractivity contribution >= 4 is 39.0 Å². The van der Waals surface area contributed by atoms with Crippen LogP contribution in [-0.4, -0.2) is 0 Å². The highest BCUT2D eigenvalue weighted by Crippen LogP contribution is 2.54. The number of nitrogens with zero attached hydrogens (tertiary/aromatic N) is 1. The monoisotopic (exact) mass is 831 g/mol. The van der Waals surface area contributed by atoms with Crippen LogP contribution in [0.4, 0.5) is 17.1 Å². The number of fused-ring (bicyclic) bond motifs is 6. The maximum Gasteiger partial charge on any atom is 0.136 e. The Kier molecular flexibility index (Phi) is 9.21. The van der Waals surface area contributed by atoms with Crippen molar-refractivity contribution < 1.29 is 4.42 Å². The first kappa shape index (κ1) is 38.5. The van der Waals surface area contributed by atoms with E-state index in [2.05, 4.69) is 243 Å². The van der Waals surface area contributed by atoms with Gasteiger partial charge in [0.1, 0.15) is 11.2 Å². The number of anilines is 3. The minimum absolute atomic E-state index is 0.174. The molecule has 0 fully saturated rings. The third-order valence-corrected chi connectivity index (χ3v) is 13.4. The molecule has 1 aromatic heterocycles. The zero-order valence-electron chi connectivity index (χ0n) is 36.4. The van der Waals surface area contributed by atoms with Crippen LogP contribution < -0.4 is 4.90 Å². The molecule has 0 saturated carbocycles. The van der Waals surface area contributed by atoms with Crippen molar-refractivity contribution in [3.63, 3.8) is 0 Å². The summed E-state index contributed by atoms with van der Waals surface area (Å²) >= 11 is 0. The average Bonchev–Trinajstić information content (AvgIpc) is 3.86. The first-order valence-electron chi connectivity index (χ1n) is 22.5. The number of hydrogen-bond donors (Lipinski definition) is 0. The molecule has 0 bridgehead atoms. The minimum atomic E-state index is -0.174. The molecule has 2 nitrogen and oxygen atoms in total. The minimum Gasteiger partial charge on any atom is -0.456 e. The predicted molar refractivity (Wildman–Crippen MR) is 273 cm³/mol. The van der Waals surface area contributed by atoms with Gasteiger partial charge >= 0.3 is 0 Å². The van der Waals surface area contributed by atoms with Crippen molar-refractivity contribution in [1.82, 2.24) is 0 Å². The fourth-order valence-corrected chi connectivity index (χ4v) is 10.3. The van der Waals surface area contributed by atoms with Crippen LogP contribution in [0.3, 0.4) is 0 Å². The van der Waals surface area contributed by atoms with Crippen molar-refractivity contribution in [3.8, 4) is 66.8 Å². The van der Waals surface area contributed by atoms with Gasteiger partial charge in [-0.05, 0) is 145 Å². The van der Waals surface area contributed by atoms with E-state index in [1.807, 2.05) is 12.1 Å². The lowest BCUT2D eigenvalue weighted by Crippen LogP contribution is -2.16. The number of hydrogen-bond acceptors (Lipinski definition) is 2. The van der Waals surface area contributed by atoms with Gasteiger partial charge in [0.25, 0.3) is 0 Å². The Morgan fingerprint density at radius 3 is 1.55 bits per heavy atom. The summed E-state index contributed by atoms with van der Waals surface area (Å²) in [5, 5.41) is 2.26. The maximum atomic E-state index is 6.32. The molecule has 11 aromatic rings. The van der Waals surface area contributed by atoms with Gasteiger partial charge in [0, 0.05) is 33.2 Å². The van der Waals surface area contributed by atoms with E-state index in [0.29, 0.717) is 0 Å².